The van der Waals surface area contributed by atoms with E-state index < -0.39 is 0 Å². The van der Waals surface area contributed by atoms with Crippen molar-refractivity contribution in [3.05, 3.63) is 107 Å². The first-order valence-electron chi connectivity index (χ1n) is 13.2. The van der Waals surface area contributed by atoms with Gasteiger partial charge >= 0.3 is 5.97 Å². The van der Waals surface area contributed by atoms with Crippen molar-refractivity contribution in [3.8, 4) is 5.75 Å². The van der Waals surface area contributed by atoms with Crippen LogP contribution in [0.4, 0.5) is 5.69 Å². The summed E-state index contributed by atoms with van der Waals surface area (Å²) < 4.78 is 11.4. The standard InChI is InChI=1S/C33H35NO3/c1-23(28-17-9-13-25-12-4-5-16-30(25)28)11-8-15-27-22-34(31-19-6-7-20-32(31)37-27)21-26-14-10-18-29(24(26)2)33(35)36-3/h4-7,9-10,12-14,16-20,23,27H,8,11,15,21-22H2,1-3H3/t23-,27?/m0/s1. The highest BCUT2D eigenvalue weighted by Gasteiger charge is 2.26. The third-order valence-corrected chi connectivity index (χ3v) is 7.65. The second kappa shape index (κ2) is 11.1. The van der Waals surface area contributed by atoms with Crippen LogP contribution in [0.3, 0.4) is 0 Å². The van der Waals surface area contributed by atoms with Gasteiger partial charge in [-0.15, -0.1) is 0 Å². The van der Waals surface area contributed by atoms with Crippen LogP contribution in [0.25, 0.3) is 10.8 Å². The van der Waals surface area contributed by atoms with Crippen LogP contribution in [-0.2, 0) is 11.3 Å². The fourth-order valence-electron chi connectivity index (χ4n) is 5.56. The Kier molecular flexibility index (Phi) is 7.45. The summed E-state index contributed by atoms with van der Waals surface area (Å²) >= 11 is 0. The molecule has 0 aromatic heterocycles. The van der Waals surface area contributed by atoms with Gasteiger partial charge in [0.15, 0.2) is 0 Å². The molecule has 1 aliphatic rings. The number of para-hydroxylation sites is 2. The van der Waals surface area contributed by atoms with Gasteiger partial charge in [0.25, 0.3) is 0 Å². The van der Waals surface area contributed by atoms with Crippen molar-refractivity contribution in [2.75, 3.05) is 18.6 Å². The van der Waals surface area contributed by atoms with Gasteiger partial charge in [-0.3, -0.25) is 0 Å². The fraction of sp³-hybridized carbons (Fsp3) is 0.303. The number of fused-ring (bicyclic) bond motifs is 2. The number of hydrogen-bond acceptors (Lipinski definition) is 4. The summed E-state index contributed by atoms with van der Waals surface area (Å²) in [6.07, 6.45) is 3.34. The summed E-state index contributed by atoms with van der Waals surface area (Å²) in [4.78, 5) is 14.6. The number of benzene rings is 4. The average Bonchev–Trinajstić information content (AvgIpc) is 2.93. The van der Waals surface area contributed by atoms with Crippen molar-refractivity contribution in [1.82, 2.24) is 0 Å². The summed E-state index contributed by atoms with van der Waals surface area (Å²) in [6.45, 7) is 5.88. The third kappa shape index (κ3) is 5.34. The Hall–Kier alpha value is -3.79. The maximum absolute atomic E-state index is 12.2. The summed E-state index contributed by atoms with van der Waals surface area (Å²) in [6, 6.07) is 29.4. The summed E-state index contributed by atoms with van der Waals surface area (Å²) in [5, 5.41) is 2.66. The molecule has 0 N–H and O–H groups in total. The zero-order valence-electron chi connectivity index (χ0n) is 21.9. The molecular formula is C33H35NO3. The minimum atomic E-state index is -0.292. The molecule has 0 fully saturated rings. The Bertz CT molecular complexity index is 1390. The van der Waals surface area contributed by atoms with Crippen molar-refractivity contribution in [1.29, 1.82) is 0 Å². The van der Waals surface area contributed by atoms with Crippen LogP contribution >= 0.6 is 0 Å². The Balaban J connectivity index is 1.28. The highest BCUT2D eigenvalue weighted by Crippen LogP contribution is 2.36. The molecule has 4 nitrogen and oxygen atoms in total. The smallest absolute Gasteiger partial charge is 0.338 e. The van der Waals surface area contributed by atoms with Crippen molar-refractivity contribution < 1.29 is 14.3 Å². The van der Waals surface area contributed by atoms with Gasteiger partial charge in [0.05, 0.1) is 24.9 Å². The maximum Gasteiger partial charge on any atom is 0.338 e. The predicted octanol–water partition coefficient (Wildman–Crippen LogP) is 7.68. The van der Waals surface area contributed by atoms with E-state index in [2.05, 4.69) is 78.6 Å². The predicted molar refractivity (Wildman–Crippen MR) is 151 cm³/mol. The molecule has 4 aromatic carbocycles. The molecule has 1 heterocycles. The zero-order chi connectivity index (χ0) is 25.8. The first kappa shape index (κ1) is 24.9. The van der Waals surface area contributed by atoms with E-state index in [1.807, 2.05) is 25.1 Å². The Labute approximate surface area is 219 Å². The normalized spacial score (nSPS) is 15.6. The van der Waals surface area contributed by atoms with Crippen LogP contribution in [0, 0.1) is 6.92 Å². The molecule has 4 aromatic rings. The summed E-state index contributed by atoms with van der Waals surface area (Å²) in [5.74, 6) is 1.13. The minimum absolute atomic E-state index is 0.124. The summed E-state index contributed by atoms with van der Waals surface area (Å²) in [5.41, 5.74) is 5.25. The van der Waals surface area contributed by atoms with E-state index in [0.29, 0.717) is 11.5 Å². The fourth-order valence-corrected chi connectivity index (χ4v) is 5.56. The van der Waals surface area contributed by atoms with Crippen LogP contribution in [0.5, 0.6) is 5.75 Å². The topological polar surface area (TPSA) is 38.8 Å². The molecule has 1 unspecified atom stereocenters. The number of esters is 1. The molecule has 4 heteroatoms. The number of carbonyl (C=O) groups excluding carboxylic acids is 1. The molecular weight excluding hydrogens is 458 g/mol. The number of hydrogen-bond donors (Lipinski definition) is 0. The summed E-state index contributed by atoms with van der Waals surface area (Å²) in [7, 11) is 1.43. The molecule has 5 rings (SSSR count). The minimum Gasteiger partial charge on any atom is -0.486 e. The van der Waals surface area contributed by atoms with E-state index in [4.69, 9.17) is 9.47 Å². The number of methoxy groups -OCH3 is 1. The van der Waals surface area contributed by atoms with Crippen molar-refractivity contribution >= 4 is 22.4 Å². The molecule has 0 saturated heterocycles. The molecule has 0 spiro atoms. The lowest BCUT2D eigenvalue weighted by Crippen LogP contribution is -2.39. The van der Waals surface area contributed by atoms with E-state index >= 15 is 0 Å². The number of anilines is 1. The Morgan fingerprint density at radius 3 is 2.62 bits per heavy atom. The second-order valence-electron chi connectivity index (χ2n) is 10.1. The van der Waals surface area contributed by atoms with Gasteiger partial charge in [0, 0.05) is 6.54 Å². The third-order valence-electron chi connectivity index (χ3n) is 7.65. The first-order chi connectivity index (χ1) is 18.0. The van der Waals surface area contributed by atoms with Crippen LogP contribution in [0.1, 0.15) is 59.2 Å². The van der Waals surface area contributed by atoms with E-state index in [1.54, 1.807) is 0 Å². The largest absolute Gasteiger partial charge is 0.486 e. The van der Waals surface area contributed by atoms with Crippen LogP contribution < -0.4 is 9.64 Å². The van der Waals surface area contributed by atoms with Gasteiger partial charge in [0.1, 0.15) is 11.9 Å². The lowest BCUT2D eigenvalue weighted by molar-refractivity contribution is 0.0599. The molecule has 0 aliphatic carbocycles. The lowest BCUT2D eigenvalue weighted by atomic mass is 9.90. The first-order valence-corrected chi connectivity index (χ1v) is 13.2. The second-order valence-corrected chi connectivity index (χ2v) is 10.1. The highest BCUT2D eigenvalue weighted by molar-refractivity contribution is 5.91. The highest BCUT2D eigenvalue weighted by atomic mass is 16.5. The molecule has 0 radical (unpaired) electrons. The van der Waals surface area contributed by atoms with Crippen LogP contribution in [0.2, 0.25) is 0 Å². The molecule has 1 aliphatic heterocycles. The number of ether oxygens (including phenoxy) is 2. The van der Waals surface area contributed by atoms with Gasteiger partial charge in [-0.05, 0) is 77.8 Å². The van der Waals surface area contributed by atoms with Crippen molar-refractivity contribution in [2.24, 2.45) is 0 Å². The van der Waals surface area contributed by atoms with Gasteiger partial charge < -0.3 is 14.4 Å². The van der Waals surface area contributed by atoms with Crippen molar-refractivity contribution in [3.63, 3.8) is 0 Å². The monoisotopic (exact) mass is 493 g/mol. The van der Waals surface area contributed by atoms with Gasteiger partial charge in [0.2, 0.25) is 0 Å². The number of carbonyl (C=O) groups is 1. The van der Waals surface area contributed by atoms with E-state index in [9.17, 15) is 4.79 Å². The lowest BCUT2D eigenvalue weighted by Gasteiger charge is -2.37. The Morgan fingerprint density at radius 1 is 1.00 bits per heavy atom. The van der Waals surface area contributed by atoms with E-state index in [1.165, 1.54) is 23.4 Å². The van der Waals surface area contributed by atoms with Gasteiger partial charge in [-0.2, -0.15) is 0 Å². The van der Waals surface area contributed by atoms with Crippen LogP contribution in [-0.4, -0.2) is 25.7 Å². The van der Waals surface area contributed by atoms with E-state index in [-0.39, 0.29) is 12.1 Å². The molecule has 0 bridgehead atoms. The molecule has 0 saturated carbocycles. The molecule has 37 heavy (non-hydrogen) atoms. The van der Waals surface area contributed by atoms with Crippen molar-refractivity contribution in [2.45, 2.75) is 51.7 Å². The molecule has 0 amide bonds. The van der Waals surface area contributed by atoms with Crippen LogP contribution in [0.15, 0.2) is 84.9 Å². The quantitative estimate of drug-likeness (QED) is 0.236. The average molecular weight is 494 g/mol. The molecule has 2 atom stereocenters. The number of nitrogens with zero attached hydrogens (tertiary/aromatic N) is 1. The van der Waals surface area contributed by atoms with E-state index in [0.717, 1.165) is 54.9 Å². The molecule has 190 valence electrons. The Morgan fingerprint density at radius 2 is 1.76 bits per heavy atom. The number of rotatable bonds is 8. The SMILES string of the molecule is COC(=O)c1cccc(CN2CC(CCC[C@H](C)c3cccc4ccccc34)Oc3ccccc32)c1C. The van der Waals surface area contributed by atoms with Gasteiger partial charge in [-0.25, -0.2) is 4.79 Å². The van der Waals surface area contributed by atoms with Gasteiger partial charge in [-0.1, -0.05) is 73.7 Å². The maximum atomic E-state index is 12.2. The zero-order valence-corrected chi connectivity index (χ0v) is 21.9.